The topological polar surface area (TPSA) is 69.6 Å². The van der Waals surface area contributed by atoms with Crippen molar-refractivity contribution < 1.29 is 13.5 Å². The van der Waals surface area contributed by atoms with Gasteiger partial charge in [-0.3, -0.25) is 4.90 Å². The van der Waals surface area contributed by atoms with Crippen molar-refractivity contribution in [1.82, 2.24) is 10.2 Å². The lowest BCUT2D eigenvalue weighted by molar-refractivity contribution is 0.119. The summed E-state index contributed by atoms with van der Waals surface area (Å²) >= 11 is 0. The largest absolute Gasteiger partial charge is 0.395 e. The van der Waals surface area contributed by atoms with Gasteiger partial charge in [0.2, 0.25) is 0 Å². The molecule has 0 aliphatic carbocycles. The smallest absolute Gasteiger partial charge is 0.153 e. The van der Waals surface area contributed by atoms with E-state index in [2.05, 4.69) is 10.2 Å². The number of β-amino-alcohol motifs (C(OH)–C–C–N with tert-alkyl or cyclic N) is 1. The van der Waals surface area contributed by atoms with Crippen molar-refractivity contribution in [3.63, 3.8) is 0 Å². The van der Waals surface area contributed by atoms with E-state index in [1.54, 1.807) is 0 Å². The van der Waals surface area contributed by atoms with E-state index in [-0.39, 0.29) is 30.2 Å². The SMILES string of the molecule is O=S1(=O)C[C@@H]2NCCN(CCO)[C@H]2C1. The maximum Gasteiger partial charge on any atom is 0.153 e. The minimum Gasteiger partial charge on any atom is -0.395 e. The number of piperazine rings is 1. The number of nitrogens with zero attached hydrogens (tertiary/aromatic N) is 1. The van der Waals surface area contributed by atoms with Crippen molar-refractivity contribution in [3.8, 4) is 0 Å². The highest BCUT2D eigenvalue weighted by Crippen LogP contribution is 2.20. The van der Waals surface area contributed by atoms with E-state index >= 15 is 0 Å². The number of sulfone groups is 1. The second-order valence-electron chi connectivity index (χ2n) is 3.96. The van der Waals surface area contributed by atoms with E-state index in [1.807, 2.05) is 0 Å². The average molecular weight is 220 g/mol. The Morgan fingerprint density at radius 3 is 2.93 bits per heavy atom. The molecule has 2 N–H and O–H groups in total. The third-order valence-corrected chi connectivity index (χ3v) is 4.70. The molecular weight excluding hydrogens is 204 g/mol. The Balaban J connectivity index is 2.10. The van der Waals surface area contributed by atoms with E-state index in [0.29, 0.717) is 6.54 Å². The van der Waals surface area contributed by atoms with Crippen LogP contribution in [0.15, 0.2) is 0 Å². The van der Waals surface area contributed by atoms with Gasteiger partial charge in [0, 0.05) is 31.7 Å². The van der Waals surface area contributed by atoms with Gasteiger partial charge < -0.3 is 10.4 Å². The predicted molar refractivity (Wildman–Crippen MR) is 52.9 cm³/mol. The van der Waals surface area contributed by atoms with E-state index in [9.17, 15) is 8.42 Å². The van der Waals surface area contributed by atoms with Crippen molar-refractivity contribution in [2.75, 3.05) is 37.7 Å². The third-order valence-electron chi connectivity index (χ3n) is 2.98. The molecule has 14 heavy (non-hydrogen) atoms. The zero-order valence-electron chi connectivity index (χ0n) is 8.02. The first-order valence-corrected chi connectivity index (χ1v) is 6.73. The van der Waals surface area contributed by atoms with Crippen LogP contribution in [0.2, 0.25) is 0 Å². The van der Waals surface area contributed by atoms with Gasteiger partial charge in [0.1, 0.15) is 0 Å². The van der Waals surface area contributed by atoms with E-state index < -0.39 is 9.84 Å². The van der Waals surface area contributed by atoms with Crippen LogP contribution < -0.4 is 5.32 Å². The van der Waals surface area contributed by atoms with Crippen LogP contribution in [0, 0.1) is 0 Å². The monoisotopic (exact) mass is 220 g/mol. The maximum absolute atomic E-state index is 11.4. The Morgan fingerprint density at radius 2 is 2.21 bits per heavy atom. The highest BCUT2D eigenvalue weighted by Gasteiger charge is 2.42. The first-order valence-electron chi connectivity index (χ1n) is 4.91. The second-order valence-corrected chi connectivity index (χ2v) is 6.12. The van der Waals surface area contributed by atoms with Gasteiger partial charge in [0.15, 0.2) is 9.84 Å². The van der Waals surface area contributed by atoms with Crippen LogP contribution in [0.1, 0.15) is 0 Å². The minimum absolute atomic E-state index is 0.0697. The standard InChI is InChI=1S/C8H16N2O3S/c11-4-3-10-2-1-9-7-5-14(12,13)6-8(7)10/h7-9,11H,1-6H2/t7-,8-/m0/s1. The first-order chi connectivity index (χ1) is 6.62. The predicted octanol–water partition coefficient (Wildman–Crippen LogP) is -1.95. The number of hydrogen-bond acceptors (Lipinski definition) is 5. The molecule has 0 radical (unpaired) electrons. The van der Waals surface area contributed by atoms with Crippen molar-refractivity contribution >= 4 is 9.84 Å². The lowest BCUT2D eigenvalue weighted by atomic mass is 10.1. The summed E-state index contributed by atoms with van der Waals surface area (Å²) in [5.74, 6) is 0.490. The maximum atomic E-state index is 11.4. The third kappa shape index (κ3) is 1.93. The molecule has 2 atom stereocenters. The van der Waals surface area contributed by atoms with E-state index in [4.69, 9.17) is 5.11 Å². The van der Waals surface area contributed by atoms with Gasteiger partial charge in [0.05, 0.1) is 18.1 Å². The molecule has 0 aromatic rings. The molecular formula is C8H16N2O3S. The summed E-state index contributed by atoms with van der Waals surface area (Å²) in [7, 11) is -2.87. The van der Waals surface area contributed by atoms with Crippen LogP contribution >= 0.6 is 0 Å². The van der Waals surface area contributed by atoms with Gasteiger partial charge in [-0.15, -0.1) is 0 Å². The first kappa shape index (κ1) is 10.4. The number of fused-ring (bicyclic) bond motifs is 1. The molecule has 6 heteroatoms. The Bertz CT molecular complexity index is 302. The molecule has 2 aliphatic heterocycles. The highest BCUT2D eigenvalue weighted by atomic mass is 32.2. The fourth-order valence-electron chi connectivity index (χ4n) is 2.35. The number of aliphatic hydroxyl groups is 1. The number of aliphatic hydroxyl groups excluding tert-OH is 1. The summed E-state index contributed by atoms with van der Waals surface area (Å²) in [6.07, 6.45) is 0. The molecule has 0 saturated carbocycles. The summed E-state index contributed by atoms with van der Waals surface area (Å²) in [6, 6.07) is 0.140. The summed E-state index contributed by atoms with van der Waals surface area (Å²) < 4.78 is 22.8. The average Bonchev–Trinajstić information content (AvgIpc) is 2.41. The zero-order valence-corrected chi connectivity index (χ0v) is 8.83. The molecule has 0 aromatic carbocycles. The fraction of sp³-hybridized carbons (Fsp3) is 1.00. The molecule has 2 rings (SSSR count). The lowest BCUT2D eigenvalue weighted by Gasteiger charge is -2.36. The zero-order chi connectivity index (χ0) is 10.2. The molecule has 0 bridgehead atoms. The van der Waals surface area contributed by atoms with Gasteiger partial charge in [-0.1, -0.05) is 0 Å². The Morgan fingerprint density at radius 1 is 1.43 bits per heavy atom. The van der Waals surface area contributed by atoms with Crippen LogP contribution in [0.5, 0.6) is 0 Å². The highest BCUT2D eigenvalue weighted by molar-refractivity contribution is 7.91. The van der Waals surface area contributed by atoms with E-state index in [1.165, 1.54) is 0 Å². The van der Waals surface area contributed by atoms with Crippen molar-refractivity contribution in [3.05, 3.63) is 0 Å². The lowest BCUT2D eigenvalue weighted by Crippen LogP contribution is -2.57. The van der Waals surface area contributed by atoms with Crippen molar-refractivity contribution in [2.45, 2.75) is 12.1 Å². The molecule has 0 unspecified atom stereocenters. The van der Waals surface area contributed by atoms with Crippen LogP contribution in [-0.4, -0.2) is 68.3 Å². The summed E-state index contributed by atoms with van der Waals surface area (Å²) in [5, 5.41) is 12.1. The van der Waals surface area contributed by atoms with Gasteiger partial charge in [0.25, 0.3) is 0 Å². The van der Waals surface area contributed by atoms with Crippen LogP contribution in [0.3, 0.4) is 0 Å². The molecule has 0 aromatic heterocycles. The Labute approximate surface area is 84.0 Å². The number of rotatable bonds is 2. The Kier molecular flexibility index (Phi) is 2.79. The van der Waals surface area contributed by atoms with Crippen molar-refractivity contribution in [2.24, 2.45) is 0 Å². The molecule has 2 heterocycles. The molecule has 2 fully saturated rings. The molecule has 2 aliphatic rings. The Hall–Kier alpha value is -0.170. The van der Waals surface area contributed by atoms with Gasteiger partial charge >= 0.3 is 0 Å². The molecule has 5 nitrogen and oxygen atoms in total. The van der Waals surface area contributed by atoms with Gasteiger partial charge in [-0.05, 0) is 0 Å². The molecule has 2 saturated heterocycles. The molecule has 0 spiro atoms. The fourth-order valence-corrected chi connectivity index (χ4v) is 4.34. The second kappa shape index (κ2) is 3.77. The van der Waals surface area contributed by atoms with E-state index in [0.717, 1.165) is 13.1 Å². The molecule has 82 valence electrons. The number of nitrogens with one attached hydrogen (secondary N) is 1. The van der Waals surface area contributed by atoms with Crippen LogP contribution in [-0.2, 0) is 9.84 Å². The van der Waals surface area contributed by atoms with Crippen molar-refractivity contribution in [1.29, 1.82) is 0 Å². The quantitative estimate of drug-likeness (QED) is 0.566. The van der Waals surface area contributed by atoms with Crippen LogP contribution in [0.4, 0.5) is 0 Å². The normalized spacial score (nSPS) is 36.9. The molecule has 0 amide bonds. The van der Waals surface area contributed by atoms with Crippen LogP contribution in [0.25, 0.3) is 0 Å². The summed E-state index contributed by atoms with van der Waals surface area (Å²) in [5.41, 5.74) is 0. The van der Waals surface area contributed by atoms with Gasteiger partial charge in [-0.25, -0.2) is 8.42 Å². The summed E-state index contributed by atoms with van der Waals surface area (Å²) in [4.78, 5) is 2.08. The van der Waals surface area contributed by atoms with Gasteiger partial charge in [-0.2, -0.15) is 0 Å². The minimum atomic E-state index is -2.87. The summed E-state index contributed by atoms with van der Waals surface area (Å²) in [6.45, 7) is 2.33. The number of hydrogen-bond donors (Lipinski definition) is 2.